The van der Waals surface area contributed by atoms with Gasteiger partial charge in [0.1, 0.15) is 10.8 Å². The van der Waals surface area contributed by atoms with Gasteiger partial charge in [-0.25, -0.2) is 13.1 Å². The van der Waals surface area contributed by atoms with Crippen LogP contribution in [0, 0.1) is 0 Å². The Morgan fingerprint density at radius 3 is 2.71 bits per heavy atom. The van der Waals surface area contributed by atoms with Crippen LogP contribution in [0.25, 0.3) is 0 Å². The van der Waals surface area contributed by atoms with E-state index in [-0.39, 0.29) is 16.5 Å². The standard InChI is InChI=1S/C13H13ClN2O4S/c1-20-12-5-3-2-4-9(12)7-16-21(18,19)10-6-11(14)13(17)15-8-10/h2-6,8,16H,7H2,1H3,(H,15,17). The first-order valence-corrected chi connectivity index (χ1v) is 7.80. The Labute approximate surface area is 126 Å². The molecule has 112 valence electrons. The monoisotopic (exact) mass is 328 g/mol. The molecule has 21 heavy (non-hydrogen) atoms. The largest absolute Gasteiger partial charge is 0.496 e. The van der Waals surface area contributed by atoms with Crippen molar-refractivity contribution < 1.29 is 13.2 Å². The molecule has 0 amide bonds. The van der Waals surface area contributed by atoms with Crippen molar-refractivity contribution in [1.82, 2.24) is 9.71 Å². The molecule has 6 nitrogen and oxygen atoms in total. The van der Waals surface area contributed by atoms with E-state index in [1.807, 2.05) is 0 Å². The van der Waals surface area contributed by atoms with Gasteiger partial charge in [0.2, 0.25) is 10.0 Å². The van der Waals surface area contributed by atoms with E-state index in [4.69, 9.17) is 16.3 Å². The number of sulfonamides is 1. The van der Waals surface area contributed by atoms with Crippen LogP contribution in [0.5, 0.6) is 5.75 Å². The molecule has 0 atom stereocenters. The maximum Gasteiger partial charge on any atom is 0.266 e. The van der Waals surface area contributed by atoms with Gasteiger partial charge in [0.25, 0.3) is 5.56 Å². The Kier molecular flexibility index (Phi) is 4.66. The minimum absolute atomic E-state index is 0.0586. The van der Waals surface area contributed by atoms with Crippen molar-refractivity contribution >= 4 is 21.6 Å². The van der Waals surface area contributed by atoms with Crippen LogP contribution in [0.15, 0.2) is 46.2 Å². The van der Waals surface area contributed by atoms with Crippen LogP contribution in [0.2, 0.25) is 5.02 Å². The van der Waals surface area contributed by atoms with Gasteiger partial charge in [0.05, 0.1) is 12.0 Å². The van der Waals surface area contributed by atoms with Gasteiger partial charge >= 0.3 is 0 Å². The maximum atomic E-state index is 12.1. The molecule has 0 saturated heterocycles. The summed E-state index contributed by atoms with van der Waals surface area (Å²) in [5.41, 5.74) is 0.152. The lowest BCUT2D eigenvalue weighted by Gasteiger charge is -2.10. The topological polar surface area (TPSA) is 88.3 Å². The molecule has 8 heteroatoms. The summed E-state index contributed by atoms with van der Waals surface area (Å²) in [6, 6.07) is 8.16. The van der Waals surface area contributed by atoms with Crippen molar-refractivity contribution in [3.63, 3.8) is 0 Å². The van der Waals surface area contributed by atoms with Gasteiger partial charge in [-0.1, -0.05) is 29.8 Å². The van der Waals surface area contributed by atoms with Crippen molar-refractivity contribution in [2.24, 2.45) is 0 Å². The van der Waals surface area contributed by atoms with Gasteiger partial charge in [-0.2, -0.15) is 0 Å². The van der Waals surface area contributed by atoms with E-state index < -0.39 is 15.6 Å². The van der Waals surface area contributed by atoms with Crippen molar-refractivity contribution in [2.45, 2.75) is 11.4 Å². The van der Waals surface area contributed by atoms with E-state index in [1.165, 1.54) is 7.11 Å². The van der Waals surface area contributed by atoms with Crippen LogP contribution >= 0.6 is 11.6 Å². The van der Waals surface area contributed by atoms with E-state index in [0.717, 1.165) is 12.3 Å². The lowest BCUT2D eigenvalue weighted by Crippen LogP contribution is -2.24. The minimum Gasteiger partial charge on any atom is -0.496 e. The molecule has 0 unspecified atom stereocenters. The number of aromatic amines is 1. The van der Waals surface area contributed by atoms with E-state index >= 15 is 0 Å². The molecular formula is C13H13ClN2O4S. The number of hydrogen-bond acceptors (Lipinski definition) is 4. The molecule has 1 aromatic carbocycles. The van der Waals surface area contributed by atoms with Crippen LogP contribution < -0.4 is 15.0 Å². The molecule has 0 aliphatic heterocycles. The Bertz CT molecular complexity index is 802. The van der Waals surface area contributed by atoms with Crippen LogP contribution in [0.1, 0.15) is 5.56 Å². The predicted molar refractivity (Wildman–Crippen MR) is 79.1 cm³/mol. The quantitative estimate of drug-likeness (QED) is 0.871. The Morgan fingerprint density at radius 2 is 2.05 bits per heavy atom. The third-order valence-corrected chi connectivity index (χ3v) is 4.45. The van der Waals surface area contributed by atoms with Crippen molar-refractivity contribution in [3.05, 3.63) is 57.5 Å². The highest BCUT2D eigenvalue weighted by Crippen LogP contribution is 2.18. The van der Waals surface area contributed by atoms with Crippen molar-refractivity contribution in [2.75, 3.05) is 7.11 Å². The van der Waals surface area contributed by atoms with E-state index in [0.29, 0.717) is 11.3 Å². The smallest absolute Gasteiger partial charge is 0.266 e. The summed E-state index contributed by atoms with van der Waals surface area (Å²) in [5, 5.41) is -0.185. The first kappa shape index (κ1) is 15.6. The summed E-state index contributed by atoms with van der Waals surface area (Å²) < 4.78 is 31.8. The van der Waals surface area contributed by atoms with Crippen LogP contribution in [0.3, 0.4) is 0 Å². The van der Waals surface area contributed by atoms with E-state index in [9.17, 15) is 13.2 Å². The van der Waals surface area contributed by atoms with Crippen molar-refractivity contribution in [1.29, 1.82) is 0 Å². The van der Waals surface area contributed by atoms with Gasteiger partial charge in [-0.15, -0.1) is 0 Å². The third kappa shape index (κ3) is 3.63. The second-order valence-electron chi connectivity index (χ2n) is 4.15. The fraction of sp³-hybridized carbons (Fsp3) is 0.154. The molecule has 0 saturated carbocycles. The molecule has 1 heterocycles. The number of ether oxygens (including phenoxy) is 1. The second-order valence-corrected chi connectivity index (χ2v) is 6.32. The molecule has 2 N–H and O–H groups in total. The fourth-order valence-corrected chi connectivity index (χ4v) is 2.93. The number of hydrogen-bond donors (Lipinski definition) is 2. The van der Waals surface area contributed by atoms with Gasteiger partial charge in [-0.3, -0.25) is 4.79 Å². The molecule has 1 aromatic heterocycles. The van der Waals surface area contributed by atoms with Gasteiger partial charge in [-0.05, 0) is 12.1 Å². The number of methoxy groups -OCH3 is 1. The highest BCUT2D eigenvalue weighted by molar-refractivity contribution is 7.89. The molecule has 0 radical (unpaired) electrons. The number of rotatable bonds is 5. The average Bonchev–Trinajstić information content (AvgIpc) is 2.48. The van der Waals surface area contributed by atoms with Crippen LogP contribution in [0.4, 0.5) is 0 Å². The summed E-state index contributed by atoms with van der Waals surface area (Å²) in [6.45, 7) is 0.0586. The van der Waals surface area contributed by atoms with Crippen molar-refractivity contribution in [3.8, 4) is 5.75 Å². The number of halogens is 1. The number of aromatic nitrogens is 1. The molecular weight excluding hydrogens is 316 g/mol. The average molecular weight is 329 g/mol. The summed E-state index contributed by atoms with van der Waals surface area (Å²) in [5.74, 6) is 0.583. The lowest BCUT2D eigenvalue weighted by molar-refractivity contribution is 0.409. The Hall–Kier alpha value is -1.83. The first-order chi connectivity index (χ1) is 9.94. The lowest BCUT2D eigenvalue weighted by atomic mass is 10.2. The fourth-order valence-electron chi connectivity index (χ4n) is 1.70. The Balaban J connectivity index is 2.21. The van der Waals surface area contributed by atoms with E-state index in [1.54, 1.807) is 24.3 Å². The molecule has 0 aliphatic carbocycles. The summed E-state index contributed by atoms with van der Waals surface area (Å²) in [7, 11) is -2.27. The summed E-state index contributed by atoms with van der Waals surface area (Å²) >= 11 is 5.63. The zero-order chi connectivity index (χ0) is 15.5. The first-order valence-electron chi connectivity index (χ1n) is 5.94. The molecule has 2 rings (SSSR count). The zero-order valence-corrected chi connectivity index (χ0v) is 12.7. The highest BCUT2D eigenvalue weighted by Gasteiger charge is 2.16. The van der Waals surface area contributed by atoms with E-state index in [2.05, 4.69) is 9.71 Å². The van der Waals surface area contributed by atoms with Gasteiger partial charge in [0.15, 0.2) is 0 Å². The third-order valence-electron chi connectivity index (χ3n) is 2.79. The minimum atomic E-state index is -3.78. The summed E-state index contributed by atoms with van der Waals surface area (Å²) in [6.07, 6.45) is 1.10. The van der Waals surface area contributed by atoms with Gasteiger partial charge < -0.3 is 9.72 Å². The SMILES string of the molecule is COc1ccccc1CNS(=O)(=O)c1c[nH]c(=O)c(Cl)c1. The molecule has 2 aromatic rings. The number of nitrogens with one attached hydrogen (secondary N) is 2. The predicted octanol–water partition coefficient (Wildman–Crippen LogP) is 1.52. The normalized spacial score (nSPS) is 11.3. The zero-order valence-electron chi connectivity index (χ0n) is 11.1. The van der Waals surface area contributed by atoms with Crippen LogP contribution in [-0.2, 0) is 16.6 Å². The van der Waals surface area contributed by atoms with Crippen LogP contribution in [-0.4, -0.2) is 20.5 Å². The molecule has 0 fully saturated rings. The number of benzene rings is 1. The number of para-hydroxylation sites is 1. The molecule has 0 bridgehead atoms. The number of H-pyrrole nitrogens is 1. The van der Waals surface area contributed by atoms with Gasteiger partial charge in [0, 0.05) is 18.3 Å². The molecule has 0 spiro atoms. The summed E-state index contributed by atoms with van der Waals surface area (Å²) in [4.78, 5) is 13.3. The highest BCUT2D eigenvalue weighted by atomic mass is 35.5. The number of pyridine rings is 1. The molecule has 0 aliphatic rings. The second kappa shape index (κ2) is 6.30. The maximum absolute atomic E-state index is 12.1. The Morgan fingerprint density at radius 1 is 1.33 bits per heavy atom.